The maximum Gasteiger partial charge on any atom is 0.233 e. The Kier molecular flexibility index (Phi) is 5.30. The van der Waals surface area contributed by atoms with E-state index in [9.17, 15) is 13.2 Å². The van der Waals surface area contributed by atoms with Crippen LogP contribution in [0.4, 0.5) is 0 Å². The van der Waals surface area contributed by atoms with Crippen molar-refractivity contribution < 1.29 is 13.2 Å². The number of carbonyl (C=O) groups excluding carboxylic acids is 1. The highest BCUT2D eigenvalue weighted by atomic mass is 32.2. The molecular formula is C19H24N2O3S2. The van der Waals surface area contributed by atoms with E-state index in [1.165, 1.54) is 17.3 Å². The first-order valence-electron chi connectivity index (χ1n) is 8.71. The van der Waals surface area contributed by atoms with Crippen LogP contribution in [0.2, 0.25) is 0 Å². The van der Waals surface area contributed by atoms with E-state index in [-0.39, 0.29) is 28.7 Å². The van der Waals surface area contributed by atoms with E-state index >= 15 is 0 Å². The molecule has 1 aliphatic heterocycles. The maximum atomic E-state index is 12.4. The number of fused-ring (bicyclic) bond motifs is 1. The maximum absolute atomic E-state index is 12.4. The van der Waals surface area contributed by atoms with E-state index in [0.29, 0.717) is 6.42 Å². The van der Waals surface area contributed by atoms with E-state index in [2.05, 4.69) is 38.2 Å². The summed E-state index contributed by atoms with van der Waals surface area (Å²) in [5, 5.41) is 4.46. The number of sulfone groups is 1. The first kappa shape index (κ1) is 19.2. The van der Waals surface area contributed by atoms with Crippen molar-refractivity contribution in [2.24, 2.45) is 0 Å². The number of hydrogen-bond acceptors (Lipinski definition) is 5. The molecule has 1 amide bonds. The predicted octanol–water partition coefficient (Wildman–Crippen LogP) is 2.94. The number of thioether (sulfide) groups is 1. The zero-order chi connectivity index (χ0) is 19.1. The standard InChI is InChI=1S/C19H24N2O3S2/c1-11-5-6-16-12(2)9-17(21-18(16)13(11)3)25-14(4)19(22)20-15-7-8-26(23,24)10-15/h5-6,9,14-15H,7-8,10H2,1-4H3,(H,20,22)/t14-,15-/m1/s1. The normalized spacial score (nSPS) is 20.2. The predicted molar refractivity (Wildman–Crippen MR) is 106 cm³/mol. The smallest absolute Gasteiger partial charge is 0.233 e. The summed E-state index contributed by atoms with van der Waals surface area (Å²) < 4.78 is 23.1. The molecule has 26 heavy (non-hydrogen) atoms. The van der Waals surface area contributed by atoms with Crippen LogP contribution >= 0.6 is 11.8 Å². The second-order valence-electron chi connectivity index (χ2n) is 7.05. The third-order valence-corrected chi connectivity index (χ3v) is 7.72. The van der Waals surface area contributed by atoms with Gasteiger partial charge in [-0.2, -0.15) is 0 Å². The summed E-state index contributed by atoms with van der Waals surface area (Å²) in [5.74, 6) is 0.0588. The minimum atomic E-state index is -3.00. The average molecular weight is 393 g/mol. The highest BCUT2D eigenvalue weighted by Crippen LogP contribution is 2.29. The number of nitrogens with one attached hydrogen (secondary N) is 1. The van der Waals surface area contributed by atoms with Gasteiger partial charge in [0, 0.05) is 11.4 Å². The number of amides is 1. The van der Waals surface area contributed by atoms with Gasteiger partial charge in [0.1, 0.15) is 0 Å². The van der Waals surface area contributed by atoms with Crippen LogP contribution in [0, 0.1) is 20.8 Å². The van der Waals surface area contributed by atoms with Crippen molar-refractivity contribution in [2.75, 3.05) is 11.5 Å². The summed E-state index contributed by atoms with van der Waals surface area (Å²) in [6.07, 6.45) is 0.497. The average Bonchev–Trinajstić information content (AvgIpc) is 2.90. The van der Waals surface area contributed by atoms with Gasteiger partial charge in [-0.25, -0.2) is 13.4 Å². The second kappa shape index (κ2) is 7.19. The fraction of sp³-hybridized carbons (Fsp3) is 0.474. The number of benzene rings is 1. The number of aromatic nitrogens is 1. The van der Waals surface area contributed by atoms with Gasteiger partial charge in [0.15, 0.2) is 9.84 Å². The van der Waals surface area contributed by atoms with Crippen molar-refractivity contribution in [2.45, 2.75) is 50.4 Å². The van der Waals surface area contributed by atoms with E-state index in [1.807, 2.05) is 13.0 Å². The lowest BCUT2D eigenvalue weighted by Gasteiger charge is -2.16. The molecule has 2 aromatic rings. The summed E-state index contributed by atoms with van der Waals surface area (Å²) in [6, 6.07) is 5.92. The quantitative estimate of drug-likeness (QED) is 0.810. The van der Waals surface area contributed by atoms with Gasteiger partial charge >= 0.3 is 0 Å². The zero-order valence-corrected chi connectivity index (χ0v) is 17.1. The highest BCUT2D eigenvalue weighted by Gasteiger charge is 2.30. The molecule has 1 aliphatic rings. The monoisotopic (exact) mass is 392 g/mol. The van der Waals surface area contributed by atoms with Crippen LogP contribution in [-0.4, -0.2) is 42.1 Å². The van der Waals surface area contributed by atoms with E-state index < -0.39 is 9.84 Å². The van der Waals surface area contributed by atoms with Crippen molar-refractivity contribution >= 4 is 38.4 Å². The number of hydrogen-bond donors (Lipinski definition) is 1. The Labute approximate surface area is 158 Å². The van der Waals surface area contributed by atoms with Gasteiger partial charge in [-0.3, -0.25) is 4.79 Å². The fourth-order valence-corrected chi connectivity index (χ4v) is 5.79. The molecule has 140 valence electrons. The van der Waals surface area contributed by atoms with E-state index in [4.69, 9.17) is 4.98 Å². The van der Waals surface area contributed by atoms with Gasteiger partial charge < -0.3 is 5.32 Å². The van der Waals surface area contributed by atoms with Crippen LogP contribution in [0.25, 0.3) is 10.9 Å². The Balaban J connectivity index is 1.75. The van der Waals surface area contributed by atoms with Crippen LogP contribution in [-0.2, 0) is 14.6 Å². The first-order chi connectivity index (χ1) is 12.2. The van der Waals surface area contributed by atoms with Crippen molar-refractivity contribution in [1.82, 2.24) is 10.3 Å². The first-order valence-corrected chi connectivity index (χ1v) is 11.4. The van der Waals surface area contributed by atoms with Gasteiger partial charge in [0.2, 0.25) is 5.91 Å². The Morgan fingerprint density at radius 3 is 2.65 bits per heavy atom. The largest absolute Gasteiger partial charge is 0.351 e. The van der Waals surface area contributed by atoms with E-state index in [1.54, 1.807) is 0 Å². The summed E-state index contributed by atoms with van der Waals surface area (Å²) >= 11 is 1.41. The molecule has 1 aromatic heterocycles. The van der Waals surface area contributed by atoms with E-state index in [0.717, 1.165) is 27.1 Å². The number of aryl methyl sites for hydroxylation is 3. The zero-order valence-electron chi connectivity index (χ0n) is 15.5. The lowest BCUT2D eigenvalue weighted by Crippen LogP contribution is -2.39. The summed E-state index contributed by atoms with van der Waals surface area (Å²) in [6.45, 7) is 8.01. The number of nitrogens with zero attached hydrogens (tertiary/aromatic N) is 1. The Morgan fingerprint density at radius 1 is 1.27 bits per heavy atom. The molecule has 7 heteroatoms. The number of rotatable bonds is 4. The van der Waals surface area contributed by atoms with Gasteiger partial charge in [-0.15, -0.1) is 0 Å². The summed E-state index contributed by atoms with van der Waals surface area (Å²) in [4.78, 5) is 17.2. The minimum absolute atomic E-state index is 0.0436. The van der Waals surface area contributed by atoms with Crippen LogP contribution in [0.3, 0.4) is 0 Å². The summed E-state index contributed by atoms with van der Waals surface area (Å²) in [7, 11) is -3.00. The molecule has 0 spiro atoms. The van der Waals surface area contributed by atoms with Crippen molar-refractivity contribution in [3.05, 3.63) is 34.9 Å². The van der Waals surface area contributed by atoms with Crippen molar-refractivity contribution in [1.29, 1.82) is 0 Å². The van der Waals surface area contributed by atoms with Gasteiger partial charge in [-0.1, -0.05) is 23.9 Å². The lowest BCUT2D eigenvalue weighted by molar-refractivity contribution is -0.120. The Bertz CT molecular complexity index is 970. The molecule has 1 fully saturated rings. The molecule has 2 heterocycles. The Morgan fingerprint density at radius 2 is 2.00 bits per heavy atom. The highest BCUT2D eigenvalue weighted by molar-refractivity contribution is 8.00. The lowest BCUT2D eigenvalue weighted by atomic mass is 10.0. The van der Waals surface area contributed by atoms with Gasteiger partial charge in [0.05, 0.1) is 27.3 Å². The van der Waals surface area contributed by atoms with Gasteiger partial charge in [0.25, 0.3) is 0 Å². The molecule has 0 radical (unpaired) electrons. The second-order valence-corrected chi connectivity index (χ2v) is 10.6. The number of pyridine rings is 1. The molecule has 0 aliphatic carbocycles. The molecule has 3 rings (SSSR count). The molecule has 1 N–H and O–H groups in total. The van der Waals surface area contributed by atoms with Gasteiger partial charge in [-0.05, 0) is 56.9 Å². The fourth-order valence-electron chi connectivity index (χ4n) is 3.19. The SMILES string of the molecule is Cc1ccc2c(C)cc(S[C@H](C)C(=O)N[C@@H]3CCS(=O)(=O)C3)nc2c1C. The number of carbonyl (C=O) groups is 1. The molecule has 0 unspecified atom stereocenters. The Hall–Kier alpha value is -1.60. The van der Waals surface area contributed by atoms with Crippen LogP contribution in [0.1, 0.15) is 30.0 Å². The third-order valence-electron chi connectivity index (χ3n) is 4.93. The molecule has 1 aromatic carbocycles. The minimum Gasteiger partial charge on any atom is -0.351 e. The topological polar surface area (TPSA) is 76.1 Å². The molecule has 0 bridgehead atoms. The third kappa shape index (κ3) is 4.04. The summed E-state index contributed by atoms with van der Waals surface area (Å²) in [5.41, 5.74) is 4.46. The molecule has 5 nitrogen and oxygen atoms in total. The molecule has 2 atom stereocenters. The van der Waals surface area contributed by atoms with Crippen LogP contribution < -0.4 is 5.32 Å². The van der Waals surface area contributed by atoms with Crippen LogP contribution in [0.5, 0.6) is 0 Å². The molecule has 0 saturated carbocycles. The molecule has 1 saturated heterocycles. The van der Waals surface area contributed by atoms with Crippen molar-refractivity contribution in [3.8, 4) is 0 Å². The molecular weight excluding hydrogens is 368 g/mol. The van der Waals surface area contributed by atoms with Crippen molar-refractivity contribution in [3.63, 3.8) is 0 Å². The van der Waals surface area contributed by atoms with Crippen LogP contribution in [0.15, 0.2) is 23.2 Å².